The van der Waals surface area contributed by atoms with E-state index in [9.17, 15) is 29.4 Å². The van der Waals surface area contributed by atoms with Crippen molar-refractivity contribution in [1.82, 2.24) is 10.6 Å². The molecule has 0 rings (SSSR count). The number of carbonyl (C=O) groups is 4. The minimum atomic E-state index is -1.24. The summed E-state index contributed by atoms with van der Waals surface area (Å²) >= 11 is 0. The van der Waals surface area contributed by atoms with Gasteiger partial charge in [-0.15, -0.1) is 0 Å². The fraction of sp³-hybridized carbons (Fsp3) is 0.857. The van der Waals surface area contributed by atoms with Gasteiger partial charge in [-0.1, -0.05) is 117 Å². The standard InChI is InChI=1S/2C14H27NO3.Zn/c2*1-2-3-4-5-6-7-8-9-10-11-13(16)15-12-14(17)18;/h2*2-12H2,1H3,(H,15,16)(H,17,18);/q;;+2/p-2. The van der Waals surface area contributed by atoms with Gasteiger partial charge in [-0.25, -0.2) is 0 Å². The Hall–Kier alpha value is -1.50. The van der Waals surface area contributed by atoms with Crippen LogP contribution in [0.25, 0.3) is 0 Å². The number of carbonyl (C=O) groups excluding carboxylic acids is 4. The molecule has 0 fully saturated rings. The summed E-state index contributed by atoms with van der Waals surface area (Å²) in [6.07, 6.45) is 22.5. The first kappa shape index (κ1) is 40.0. The normalized spacial score (nSPS) is 10.0. The number of amides is 2. The Morgan fingerprint density at radius 1 is 0.459 bits per heavy atom. The molecule has 8 nitrogen and oxygen atoms in total. The monoisotopic (exact) mass is 576 g/mol. The van der Waals surface area contributed by atoms with Crippen LogP contribution in [-0.2, 0) is 38.7 Å². The molecule has 0 heterocycles. The van der Waals surface area contributed by atoms with Gasteiger partial charge in [0.25, 0.3) is 0 Å². The molecule has 2 N–H and O–H groups in total. The van der Waals surface area contributed by atoms with Gasteiger partial charge in [0, 0.05) is 12.8 Å². The second-order valence-corrected chi connectivity index (χ2v) is 9.45. The van der Waals surface area contributed by atoms with Gasteiger partial charge in [0.15, 0.2) is 0 Å². The SMILES string of the molecule is CCCCCCCCCCCC(=O)NCC(=O)[O-].CCCCCCCCCCCC(=O)NCC(=O)[O-].[Zn+2]. The Morgan fingerprint density at radius 2 is 0.703 bits per heavy atom. The Balaban J connectivity index is -0.000000608. The largest absolute Gasteiger partial charge is 2.00 e. The van der Waals surface area contributed by atoms with Crippen LogP contribution in [0, 0.1) is 0 Å². The van der Waals surface area contributed by atoms with Crippen LogP contribution in [-0.4, -0.2) is 36.8 Å². The second kappa shape index (κ2) is 32.5. The van der Waals surface area contributed by atoms with E-state index in [1.807, 2.05) is 0 Å². The van der Waals surface area contributed by atoms with Gasteiger partial charge in [-0.05, 0) is 12.8 Å². The molecule has 2 amide bonds. The summed E-state index contributed by atoms with van der Waals surface area (Å²) in [5.41, 5.74) is 0. The number of carboxylic acids is 2. The van der Waals surface area contributed by atoms with Crippen LogP contribution in [0.5, 0.6) is 0 Å². The van der Waals surface area contributed by atoms with Crippen LogP contribution >= 0.6 is 0 Å². The number of unbranched alkanes of at least 4 members (excludes halogenated alkanes) is 16. The average Bonchev–Trinajstić information content (AvgIpc) is 2.84. The average molecular weight is 578 g/mol. The maximum absolute atomic E-state index is 11.2. The van der Waals surface area contributed by atoms with E-state index >= 15 is 0 Å². The van der Waals surface area contributed by atoms with Crippen molar-refractivity contribution in [3.8, 4) is 0 Å². The molecule has 0 bridgehead atoms. The molecule has 0 aliphatic heterocycles. The van der Waals surface area contributed by atoms with E-state index in [4.69, 9.17) is 0 Å². The van der Waals surface area contributed by atoms with Gasteiger partial charge in [-0.2, -0.15) is 0 Å². The zero-order valence-corrected chi connectivity index (χ0v) is 26.7. The van der Waals surface area contributed by atoms with E-state index < -0.39 is 11.9 Å². The van der Waals surface area contributed by atoms with Gasteiger partial charge in [0.05, 0.1) is 25.0 Å². The second-order valence-electron chi connectivity index (χ2n) is 9.45. The Kier molecular flexibility index (Phi) is 35.2. The summed E-state index contributed by atoms with van der Waals surface area (Å²) in [6.45, 7) is 3.67. The molecule has 212 valence electrons. The molecule has 0 unspecified atom stereocenters. The Labute approximate surface area is 238 Å². The van der Waals surface area contributed by atoms with Crippen LogP contribution in [0.3, 0.4) is 0 Å². The van der Waals surface area contributed by atoms with Crippen LogP contribution < -0.4 is 20.8 Å². The van der Waals surface area contributed by atoms with Crippen molar-refractivity contribution in [3.05, 3.63) is 0 Å². The van der Waals surface area contributed by atoms with Crippen molar-refractivity contribution < 1.29 is 48.9 Å². The molecule has 0 radical (unpaired) electrons. The van der Waals surface area contributed by atoms with Crippen molar-refractivity contribution in [2.24, 2.45) is 0 Å². The van der Waals surface area contributed by atoms with E-state index in [0.29, 0.717) is 12.8 Å². The summed E-state index contributed by atoms with van der Waals surface area (Å²) in [6, 6.07) is 0. The van der Waals surface area contributed by atoms with Gasteiger partial charge in [0.1, 0.15) is 0 Å². The van der Waals surface area contributed by atoms with Gasteiger partial charge >= 0.3 is 19.5 Å². The Bertz CT molecular complexity index is 513. The molecule has 0 aliphatic carbocycles. The van der Waals surface area contributed by atoms with Crippen LogP contribution in [0.4, 0.5) is 0 Å². The smallest absolute Gasteiger partial charge is 0.548 e. The third kappa shape index (κ3) is 39.2. The summed E-state index contributed by atoms with van der Waals surface area (Å²) in [4.78, 5) is 42.5. The first-order valence-corrected chi connectivity index (χ1v) is 14.3. The van der Waals surface area contributed by atoms with Gasteiger partial charge in [0.2, 0.25) is 11.8 Å². The number of hydrogen-bond acceptors (Lipinski definition) is 6. The summed E-state index contributed by atoms with van der Waals surface area (Å²) in [5.74, 6) is -2.87. The molecule has 0 aromatic rings. The van der Waals surface area contributed by atoms with Crippen LogP contribution in [0.2, 0.25) is 0 Å². The zero-order valence-electron chi connectivity index (χ0n) is 23.7. The molecule has 0 aromatic heterocycles. The van der Waals surface area contributed by atoms with Gasteiger partial charge < -0.3 is 30.4 Å². The summed E-state index contributed by atoms with van der Waals surface area (Å²) in [7, 11) is 0. The number of rotatable bonds is 24. The van der Waals surface area contributed by atoms with E-state index in [-0.39, 0.29) is 44.4 Å². The van der Waals surface area contributed by atoms with E-state index in [1.54, 1.807) is 0 Å². The molecular formula is C28H52N2O6Zn. The molecule has 0 aliphatic rings. The van der Waals surface area contributed by atoms with Crippen molar-refractivity contribution >= 4 is 23.8 Å². The number of carboxylic acid groups (broad SMARTS) is 2. The van der Waals surface area contributed by atoms with Gasteiger partial charge in [-0.3, -0.25) is 9.59 Å². The summed E-state index contributed by atoms with van der Waals surface area (Å²) < 4.78 is 0. The molecule has 37 heavy (non-hydrogen) atoms. The van der Waals surface area contributed by atoms with Crippen molar-refractivity contribution in [2.75, 3.05) is 13.1 Å². The number of nitrogens with one attached hydrogen (secondary N) is 2. The van der Waals surface area contributed by atoms with Crippen LogP contribution in [0.15, 0.2) is 0 Å². The maximum Gasteiger partial charge on any atom is 2.00 e. The predicted octanol–water partition coefficient (Wildman–Crippen LogP) is 3.54. The number of aliphatic carboxylic acids is 2. The van der Waals surface area contributed by atoms with Crippen molar-refractivity contribution in [1.29, 1.82) is 0 Å². The topological polar surface area (TPSA) is 138 Å². The minimum absolute atomic E-state index is 0. The van der Waals surface area contributed by atoms with E-state index in [1.165, 1.54) is 89.9 Å². The minimum Gasteiger partial charge on any atom is -0.548 e. The Morgan fingerprint density at radius 3 is 0.946 bits per heavy atom. The fourth-order valence-electron chi connectivity index (χ4n) is 3.71. The maximum atomic E-state index is 11.2. The van der Waals surface area contributed by atoms with Crippen molar-refractivity contribution in [2.45, 2.75) is 142 Å². The van der Waals surface area contributed by atoms with E-state index in [2.05, 4.69) is 24.5 Å². The molecule has 9 heteroatoms. The zero-order chi connectivity index (χ0) is 27.3. The third-order valence-corrected chi connectivity index (χ3v) is 5.87. The third-order valence-electron chi connectivity index (χ3n) is 5.87. The molecule has 0 saturated carbocycles. The first-order chi connectivity index (χ1) is 17.3. The predicted molar refractivity (Wildman–Crippen MR) is 140 cm³/mol. The fourth-order valence-corrected chi connectivity index (χ4v) is 3.71. The molecular weight excluding hydrogens is 526 g/mol. The molecule has 0 spiro atoms. The summed E-state index contributed by atoms with van der Waals surface area (Å²) in [5, 5.41) is 24.8. The molecule has 0 aromatic carbocycles. The van der Waals surface area contributed by atoms with Crippen LogP contribution in [0.1, 0.15) is 142 Å². The molecule has 0 saturated heterocycles. The number of hydrogen-bond donors (Lipinski definition) is 2. The first-order valence-electron chi connectivity index (χ1n) is 14.3. The van der Waals surface area contributed by atoms with E-state index in [0.717, 1.165) is 25.7 Å². The molecule has 0 atom stereocenters. The van der Waals surface area contributed by atoms with Crippen molar-refractivity contribution in [3.63, 3.8) is 0 Å². The quantitative estimate of drug-likeness (QED) is 0.133.